The first-order chi connectivity index (χ1) is 7.20. The molecule has 0 heterocycles. The molecule has 1 aliphatic rings. The normalized spacial score (nSPS) is 13.3. The van der Waals surface area contributed by atoms with Gasteiger partial charge in [-0.3, -0.25) is 4.79 Å². The van der Waals surface area contributed by atoms with E-state index in [0.717, 1.165) is 12.0 Å². The molecule has 0 amide bonds. The monoisotopic (exact) mass is 202 g/mol. The lowest BCUT2D eigenvalue weighted by atomic mass is 10.0. The van der Waals surface area contributed by atoms with Crippen molar-refractivity contribution >= 4 is 11.5 Å². The van der Waals surface area contributed by atoms with Gasteiger partial charge in [0.25, 0.3) is 0 Å². The van der Waals surface area contributed by atoms with Crippen molar-refractivity contribution in [2.24, 2.45) is 0 Å². The van der Waals surface area contributed by atoms with Crippen LogP contribution >= 0.6 is 0 Å². The van der Waals surface area contributed by atoms with Crippen LogP contribution in [0.4, 0.5) is 0 Å². The maximum absolute atomic E-state index is 11.2. The third-order valence-electron chi connectivity index (χ3n) is 2.74. The van der Waals surface area contributed by atoms with Gasteiger partial charge in [-0.15, -0.1) is 0 Å². The van der Waals surface area contributed by atoms with Crippen molar-refractivity contribution in [3.8, 4) is 0 Å². The Morgan fingerprint density at radius 1 is 1.47 bits per heavy atom. The molecule has 0 saturated carbocycles. The molecule has 0 saturated heterocycles. The van der Waals surface area contributed by atoms with Crippen LogP contribution in [-0.2, 0) is 16.0 Å². The van der Waals surface area contributed by atoms with Crippen LogP contribution < -0.4 is 0 Å². The van der Waals surface area contributed by atoms with Gasteiger partial charge in [-0.25, -0.2) is 0 Å². The first kappa shape index (κ1) is 9.97. The quantitative estimate of drug-likeness (QED) is 0.689. The van der Waals surface area contributed by atoms with Crippen molar-refractivity contribution in [1.82, 2.24) is 0 Å². The summed E-state index contributed by atoms with van der Waals surface area (Å²) < 4.78 is 4.67. The van der Waals surface area contributed by atoms with E-state index in [1.165, 1.54) is 23.8 Å². The minimum atomic E-state index is -0.172. The topological polar surface area (TPSA) is 26.3 Å². The Hall–Kier alpha value is -1.57. The summed E-state index contributed by atoms with van der Waals surface area (Å²) in [5.41, 5.74) is 4.87. The van der Waals surface area contributed by atoms with Crippen LogP contribution in [0.1, 0.15) is 23.1 Å². The van der Waals surface area contributed by atoms with Gasteiger partial charge in [0.2, 0.25) is 0 Å². The number of allylic oxidation sites excluding steroid dienone is 1. The Labute approximate surface area is 89.6 Å². The summed E-state index contributed by atoms with van der Waals surface area (Å²) >= 11 is 0. The summed E-state index contributed by atoms with van der Waals surface area (Å²) in [6.07, 6.45) is 3.43. The van der Waals surface area contributed by atoms with Gasteiger partial charge in [0.1, 0.15) is 0 Å². The molecule has 0 spiro atoms. The molecule has 2 nitrogen and oxygen atoms in total. The van der Waals surface area contributed by atoms with Gasteiger partial charge < -0.3 is 4.74 Å². The lowest BCUT2D eigenvalue weighted by Gasteiger charge is -2.05. The van der Waals surface area contributed by atoms with Gasteiger partial charge in [-0.2, -0.15) is 0 Å². The molecule has 0 bridgehead atoms. The van der Waals surface area contributed by atoms with E-state index < -0.39 is 0 Å². The standard InChI is InChI=1S/C13H14O2/c1-9-3-6-12-10(7-9)4-5-11(12)8-13(14)15-2/h3,5-7H,4,8H2,1-2H3. The number of methoxy groups -OCH3 is 1. The predicted molar refractivity (Wildman–Crippen MR) is 59.5 cm³/mol. The second-order valence-corrected chi connectivity index (χ2v) is 3.85. The number of fused-ring (bicyclic) bond motifs is 1. The second kappa shape index (κ2) is 3.89. The summed E-state index contributed by atoms with van der Waals surface area (Å²) in [6, 6.07) is 6.35. The highest BCUT2D eigenvalue weighted by Gasteiger charge is 2.16. The van der Waals surface area contributed by atoms with E-state index in [1.54, 1.807) is 0 Å². The van der Waals surface area contributed by atoms with Crippen LogP contribution in [0.25, 0.3) is 5.57 Å². The van der Waals surface area contributed by atoms with Gasteiger partial charge in [-0.1, -0.05) is 29.8 Å². The maximum Gasteiger partial charge on any atom is 0.309 e. The fraction of sp³-hybridized carbons (Fsp3) is 0.308. The van der Waals surface area contributed by atoms with E-state index in [-0.39, 0.29) is 5.97 Å². The number of esters is 1. The van der Waals surface area contributed by atoms with Crippen LogP contribution in [0.5, 0.6) is 0 Å². The van der Waals surface area contributed by atoms with E-state index in [2.05, 4.69) is 35.9 Å². The number of carbonyl (C=O) groups is 1. The fourth-order valence-corrected chi connectivity index (χ4v) is 1.94. The zero-order valence-electron chi connectivity index (χ0n) is 9.04. The molecular formula is C13H14O2. The molecule has 0 fully saturated rings. The van der Waals surface area contributed by atoms with E-state index in [0.29, 0.717) is 6.42 Å². The average Bonchev–Trinajstić information content (AvgIpc) is 2.60. The molecule has 15 heavy (non-hydrogen) atoms. The summed E-state index contributed by atoms with van der Waals surface area (Å²) in [7, 11) is 1.42. The molecule has 0 aliphatic heterocycles. The summed E-state index contributed by atoms with van der Waals surface area (Å²) in [5.74, 6) is -0.172. The Morgan fingerprint density at radius 2 is 2.27 bits per heavy atom. The van der Waals surface area contributed by atoms with Gasteiger partial charge in [-0.05, 0) is 30.0 Å². The molecule has 78 valence electrons. The second-order valence-electron chi connectivity index (χ2n) is 3.85. The molecule has 0 N–H and O–H groups in total. The highest BCUT2D eigenvalue weighted by molar-refractivity contribution is 5.87. The van der Waals surface area contributed by atoms with E-state index >= 15 is 0 Å². The summed E-state index contributed by atoms with van der Waals surface area (Å²) in [4.78, 5) is 11.2. The van der Waals surface area contributed by atoms with Gasteiger partial charge in [0.15, 0.2) is 0 Å². The van der Waals surface area contributed by atoms with Crippen LogP contribution in [0.3, 0.4) is 0 Å². The molecule has 0 radical (unpaired) electrons. The fourth-order valence-electron chi connectivity index (χ4n) is 1.94. The van der Waals surface area contributed by atoms with E-state index in [9.17, 15) is 4.79 Å². The number of aryl methyl sites for hydroxylation is 1. The first-order valence-electron chi connectivity index (χ1n) is 5.06. The minimum Gasteiger partial charge on any atom is -0.469 e. The SMILES string of the molecule is COC(=O)CC1=CCc2cc(C)ccc21. The largest absolute Gasteiger partial charge is 0.469 e. The number of carbonyl (C=O) groups excluding carboxylic acids is 1. The maximum atomic E-state index is 11.2. The highest BCUT2D eigenvalue weighted by Crippen LogP contribution is 2.30. The Balaban J connectivity index is 2.23. The van der Waals surface area contributed by atoms with Gasteiger partial charge >= 0.3 is 5.97 Å². The molecule has 0 unspecified atom stereocenters. The molecule has 2 heteroatoms. The third-order valence-corrected chi connectivity index (χ3v) is 2.74. The number of ether oxygens (including phenoxy) is 1. The third kappa shape index (κ3) is 1.94. The molecule has 1 aliphatic carbocycles. The molecule has 0 aromatic heterocycles. The smallest absolute Gasteiger partial charge is 0.309 e. The predicted octanol–water partition coefficient (Wildman–Crippen LogP) is 2.50. The lowest BCUT2D eigenvalue weighted by Crippen LogP contribution is -2.00. The summed E-state index contributed by atoms with van der Waals surface area (Å²) in [6.45, 7) is 2.08. The minimum absolute atomic E-state index is 0.172. The molecule has 0 atom stereocenters. The number of hydrogen-bond donors (Lipinski definition) is 0. The summed E-state index contributed by atoms with van der Waals surface area (Å²) in [5, 5.41) is 0. The molecule has 1 aromatic rings. The van der Waals surface area contributed by atoms with Crippen molar-refractivity contribution in [2.45, 2.75) is 19.8 Å². The van der Waals surface area contributed by atoms with Crippen LogP contribution in [-0.4, -0.2) is 13.1 Å². The highest BCUT2D eigenvalue weighted by atomic mass is 16.5. The van der Waals surface area contributed by atoms with E-state index in [1.807, 2.05) is 0 Å². The van der Waals surface area contributed by atoms with Crippen molar-refractivity contribution in [2.75, 3.05) is 7.11 Å². The van der Waals surface area contributed by atoms with Crippen LogP contribution in [0.15, 0.2) is 24.3 Å². The lowest BCUT2D eigenvalue weighted by molar-refractivity contribution is -0.139. The molecule has 2 rings (SSSR count). The number of hydrogen-bond acceptors (Lipinski definition) is 2. The van der Waals surface area contributed by atoms with Gasteiger partial charge in [0.05, 0.1) is 13.5 Å². The van der Waals surface area contributed by atoms with Gasteiger partial charge in [0, 0.05) is 0 Å². The molecule has 1 aromatic carbocycles. The van der Waals surface area contributed by atoms with Crippen molar-refractivity contribution < 1.29 is 9.53 Å². The zero-order chi connectivity index (χ0) is 10.8. The van der Waals surface area contributed by atoms with Crippen molar-refractivity contribution in [3.05, 3.63) is 41.0 Å². The van der Waals surface area contributed by atoms with Crippen LogP contribution in [0.2, 0.25) is 0 Å². The number of rotatable bonds is 2. The van der Waals surface area contributed by atoms with Crippen molar-refractivity contribution in [3.63, 3.8) is 0 Å². The van der Waals surface area contributed by atoms with Crippen LogP contribution in [0, 0.1) is 6.92 Å². The zero-order valence-corrected chi connectivity index (χ0v) is 9.04. The first-order valence-corrected chi connectivity index (χ1v) is 5.06. The Morgan fingerprint density at radius 3 is 3.00 bits per heavy atom. The Bertz CT molecular complexity index is 430. The number of benzene rings is 1. The average molecular weight is 202 g/mol. The Kier molecular flexibility index (Phi) is 2.58. The molecular weight excluding hydrogens is 188 g/mol. The van der Waals surface area contributed by atoms with E-state index in [4.69, 9.17) is 0 Å². The van der Waals surface area contributed by atoms with Crippen molar-refractivity contribution in [1.29, 1.82) is 0 Å².